The van der Waals surface area contributed by atoms with Gasteiger partial charge in [-0.3, -0.25) is 18.6 Å². The molecule has 318 valence electrons. The number of carbonyl (C=O) groups excluding carboxylic acids is 2. The van der Waals surface area contributed by atoms with Crippen molar-refractivity contribution in [3.05, 3.63) is 97.2 Å². The number of aliphatic hydroxyl groups excluding tert-OH is 1. The number of hydrogen-bond donors (Lipinski definition) is 3. The van der Waals surface area contributed by atoms with Gasteiger partial charge in [0, 0.05) is 19.4 Å². The lowest BCUT2D eigenvalue weighted by molar-refractivity contribution is -0.161. The molecule has 0 saturated heterocycles. The number of esters is 2. The molecule has 11 heteroatoms. The van der Waals surface area contributed by atoms with Crippen molar-refractivity contribution in [3.63, 3.8) is 0 Å². The number of carbonyl (C=O) groups is 2. The Labute approximate surface area is 339 Å². The van der Waals surface area contributed by atoms with E-state index in [4.69, 9.17) is 24.3 Å². The Hall–Kier alpha value is -3.11. The summed E-state index contributed by atoms with van der Waals surface area (Å²) in [6.45, 7) is 3.36. The van der Waals surface area contributed by atoms with Crippen LogP contribution in [-0.2, 0) is 32.7 Å². The Kier molecular flexibility index (Phi) is 37.9. The van der Waals surface area contributed by atoms with E-state index in [1.54, 1.807) is 12.2 Å². The topological polar surface area (TPSA) is 155 Å². The molecule has 0 aliphatic rings. The van der Waals surface area contributed by atoms with Crippen LogP contribution in [0.1, 0.15) is 136 Å². The summed E-state index contributed by atoms with van der Waals surface area (Å²) >= 11 is 0. The molecule has 0 aliphatic carbocycles. The van der Waals surface area contributed by atoms with E-state index in [9.17, 15) is 24.2 Å². The van der Waals surface area contributed by atoms with Gasteiger partial charge in [-0.25, -0.2) is 4.57 Å². The predicted octanol–water partition coefficient (Wildman–Crippen LogP) is 10.8. The minimum Gasteiger partial charge on any atom is -0.462 e. The summed E-state index contributed by atoms with van der Waals surface area (Å²) < 4.78 is 32.6. The van der Waals surface area contributed by atoms with Crippen molar-refractivity contribution in [1.29, 1.82) is 0 Å². The van der Waals surface area contributed by atoms with Crippen LogP contribution in [0.2, 0.25) is 0 Å². The largest absolute Gasteiger partial charge is 0.472 e. The second-order valence-corrected chi connectivity index (χ2v) is 14.8. The second-order valence-electron chi connectivity index (χ2n) is 13.3. The number of ether oxygens (including phenoxy) is 2. The molecule has 0 amide bonds. The Morgan fingerprint density at radius 2 is 1.21 bits per heavy atom. The highest BCUT2D eigenvalue weighted by atomic mass is 31.2. The van der Waals surface area contributed by atoms with E-state index in [-0.39, 0.29) is 32.6 Å². The normalized spacial score (nSPS) is 14.9. The highest BCUT2D eigenvalue weighted by Crippen LogP contribution is 2.43. The summed E-state index contributed by atoms with van der Waals surface area (Å²) in [5, 5.41) is 10.1. The zero-order valence-electron chi connectivity index (χ0n) is 34.4. The number of hydrogen-bond acceptors (Lipinski definition) is 9. The van der Waals surface area contributed by atoms with Gasteiger partial charge in [0.25, 0.3) is 0 Å². The maximum atomic E-state index is 12.6. The first-order valence-corrected chi connectivity index (χ1v) is 22.3. The van der Waals surface area contributed by atoms with Gasteiger partial charge < -0.3 is 25.2 Å². The molecule has 0 aromatic rings. The number of aliphatic hydroxyl groups is 1. The highest BCUT2D eigenvalue weighted by Gasteiger charge is 2.25. The number of nitrogens with two attached hydrogens (primary N) is 1. The molecule has 0 fully saturated rings. The third-order valence-electron chi connectivity index (χ3n) is 8.03. The molecule has 0 saturated carbocycles. The molecule has 0 radical (unpaired) electrons. The van der Waals surface area contributed by atoms with Crippen molar-refractivity contribution in [2.24, 2.45) is 5.73 Å². The summed E-state index contributed by atoms with van der Waals surface area (Å²) in [5.41, 5.74) is 5.33. The molecule has 0 heterocycles. The van der Waals surface area contributed by atoms with E-state index in [1.807, 2.05) is 18.2 Å². The van der Waals surface area contributed by atoms with Gasteiger partial charge in [-0.1, -0.05) is 137 Å². The molecule has 10 nitrogen and oxygen atoms in total. The van der Waals surface area contributed by atoms with Crippen molar-refractivity contribution in [1.82, 2.24) is 0 Å². The van der Waals surface area contributed by atoms with Gasteiger partial charge in [0.15, 0.2) is 6.10 Å². The molecule has 0 aromatic heterocycles. The van der Waals surface area contributed by atoms with Crippen LogP contribution in [0.15, 0.2) is 97.2 Å². The standard InChI is InChI=1S/C45H74NO9P/c1-3-5-7-9-11-13-14-15-16-17-18-19-20-22-24-28-32-36-44(48)52-40-43(41-54-56(50,51)53-39-38-46)55-45(49)37-33-29-25-27-31-35-42(47)34-30-26-23-21-12-10-8-6-4-2/h5,7,11-13,15-16,18-19,21,25-27,30-31,35,42-43,47H,3-4,6,8-10,14,17,20,22-24,28-29,32-34,36-41,46H2,1-2H3,(H,50,51)/b7-5-,13-11-,16-15-,19-18-,21-12-,27-25+,30-26-,35-31-/t42?,43-/m1/s1. The Bertz CT molecular complexity index is 1250. The lowest BCUT2D eigenvalue weighted by Crippen LogP contribution is -2.29. The maximum Gasteiger partial charge on any atom is 0.472 e. The molecule has 0 aliphatic heterocycles. The van der Waals surface area contributed by atoms with Crippen LogP contribution in [0, 0.1) is 0 Å². The van der Waals surface area contributed by atoms with E-state index in [0.29, 0.717) is 25.7 Å². The van der Waals surface area contributed by atoms with Crippen LogP contribution in [0.3, 0.4) is 0 Å². The molecule has 0 spiro atoms. The van der Waals surface area contributed by atoms with Gasteiger partial charge in [0.2, 0.25) is 0 Å². The molecular formula is C45H74NO9P. The fourth-order valence-corrected chi connectivity index (χ4v) is 5.70. The van der Waals surface area contributed by atoms with Gasteiger partial charge in [0.1, 0.15) is 6.61 Å². The Balaban J connectivity index is 4.43. The quantitative estimate of drug-likeness (QED) is 0.0182. The smallest absolute Gasteiger partial charge is 0.462 e. The molecule has 0 aromatic carbocycles. The number of phosphoric ester groups is 1. The lowest BCUT2D eigenvalue weighted by Gasteiger charge is -2.19. The number of rotatable bonds is 37. The zero-order chi connectivity index (χ0) is 41.2. The van der Waals surface area contributed by atoms with Crippen LogP contribution in [0.25, 0.3) is 0 Å². The number of allylic oxidation sites excluding steroid dienone is 14. The molecule has 0 rings (SSSR count). The summed E-state index contributed by atoms with van der Waals surface area (Å²) in [6.07, 6.45) is 47.5. The summed E-state index contributed by atoms with van der Waals surface area (Å²) in [6, 6.07) is 0. The van der Waals surface area contributed by atoms with E-state index in [0.717, 1.165) is 64.2 Å². The van der Waals surface area contributed by atoms with Crippen LogP contribution < -0.4 is 5.73 Å². The zero-order valence-corrected chi connectivity index (χ0v) is 35.3. The summed E-state index contributed by atoms with van der Waals surface area (Å²) in [7, 11) is -4.43. The molecule has 2 unspecified atom stereocenters. The van der Waals surface area contributed by atoms with E-state index in [2.05, 4.69) is 80.7 Å². The van der Waals surface area contributed by atoms with Crippen LogP contribution in [0.4, 0.5) is 0 Å². The number of unbranched alkanes of at least 4 members (excludes halogenated alkanes) is 8. The molecular weight excluding hydrogens is 729 g/mol. The third kappa shape index (κ3) is 39.1. The summed E-state index contributed by atoms with van der Waals surface area (Å²) in [4.78, 5) is 34.8. The maximum absolute atomic E-state index is 12.6. The van der Waals surface area contributed by atoms with Crippen LogP contribution in [-0.4, -0.2) is 60.5 Å². The fraction of sp³-hybridized carbons (Fsp3) is 0.600. The van der Waals surface area contributed by atoms with E-state index < -0.39 is 38.6 Å². The number of phosphoric acid groups is 1. The fourth-order valence-electron chi connectivity index (χ4n) is 4.93. The SMILES string of the molecule is CC/C=C\C/C=C\C/C=C\C/C=C\CCCCCCC(=O)OC[C@H](COP(=O)(O)OCCN)OC(=O)CCC/C=C/C=C\C(O)C/C=C\C/C=C\CCCCC. The van der Waals surface area contributed by atoms with Crippen molar-refractivity contribution in [2.45, 2.75) is 148 Å². The van der Waals surface area contributed by atoms with Crippen molar-refractivity contribution >= 4 is 19.8 Å². The molecule has 0 bridgehead atoms. The van der Waals surface area contributed by atoms with E-state index >= 15 is 0 Å². The first-order chi connectivity index (χ1) is 27.2. The van der Waals surface area contributed by atoms with Crippen LogP contribution in [0.5, 0.6) is 0 Å². The third-order valence-corrected chi connectivity index (χ3v) is 9.02. The Morgan fingerprint density at radius 3 is 1.86 bits per heavy atom. The monoisotopic (exact) mass is 804 g/mol. The Morgan fingerprint density at radius 1 is 0.643 bits per heavy atom. The predicted molar refractivity (Wildman–Crippen MR) is 230 cm³/mol. The van der Waals surface area contributed by atoms with Crippen LogP contribution >= 0.6 is 7.82 Å². The van der Waals surface area contributed by atoms with Crippen molar-refractivity contribution in [3.8, 4) is 0 Å². The molecule has 4 N–H and O–H groups in total. The van der Waals surface area contributed by atoms with E-state index in [1.165, 1.54) is 19.3 Å². The minimum absolute atomic E-state index is 0.0217. The van der Waals surface area contributed by atoms with Crippen molar-refractivity contribution in [2.75, 3.05) is 26.4 Å². The lowest BCUT2D eigenvalue weighted by atomic mass is 10.1. The molecule has 3 atom stereocenters. The first kappa shape index (κ1) is 52.9. The van der Waals surface area contributed by atoms with Gasteiger partial charge >= 0.3 is 19.8 Å². The average Bonchev–Trinajstić information content (AvgIpc) is 3.18. The second kappa shape index (κ2) is 40.1. The first-order valence-electron chi connectivity index (χ1n) is 20.8. The average molecular weight is 804 g/mol. The minimum atomic E-state index is -4.43. The molecule has 56 heavy (non-hydrogen) atoms. The van der Waals surface area contributed by atoms with Gasteiger partial charge in [0.05, 0.1) is 19.3 Å². The van der Waals surface area contributed by atoms with Gasteiger partial charge in [-0.15, -0.1) is 0 Å². The van der Waals surface area contributed by atoms with Crippen molar-refractivity contribution < 1.29 is 42.7 Å². The van der Waals surface area contributed by atoms with Gasteiger partial charge in [-0.05, 0) is 83.5 Å². The highest BCUT2D eigenvalue weighted by molar-refractivity contribution is 7.47. The summed E-state index contributed by atoms with van der Waals surface area (Å²) in [5.74, 6) is -0.998. The van der Waals surface area contributed by atoms with Gasteiger partial charge in [-0.2, -0.15) is 0 Å².